The van der Waals surface area contributed by atoms with Crippen molar-refractivity contribution in [1.82, 2.24) is 0 Å². The second kappa shape index (κ2) is 8.08. The summed E-state index contributed by atoms with van der Waals surface area (Å²) in [4.78, 5) is 53.3. The number of hydrogen-bond donors (Lipinski definition) is 0. The van der Waals surface area contributed by atoms with Crippen molar-refractivity contribution in [2.45, 2.75) is 0 Å². The summed E-state index contributed by atoms with van der Waals surface area (Å²) in [5, 5.41) is 0. The first-order valence-corrected chi connectivity index (χ1v) is 6.53. The summed E-state index contributed by atoms with van der Waals surface area (Å²) in [6, 6.07) is 15.2. The molecule has 0 atom stereocenters. The number of carbonyl (C=O) groups excluding carboxylic acids is 4. The van der Waals surface area contributed by atoms with Gasteiger partial charge in [-0.05, 0) is 24.3 Å². The van der Waals surface area contributed by atoms with Crippen molar-refractivity contribution in [3.63, 3.8) is 0 Å². The van der Waals surface area contributed by atoms with Gasteiger partial charge in [0.05, 0.1) is 11.1 Å². The largest absolute Gasteiger partial charge is 0.558 e. The fraction of sp³-hybridized carbons (Fsp3) is 0. The van der Waals surface area contributed by atoms with Gasteiger partial charge in [-0.15, -0.1) is 0 Å². The molecule has 0 heterocycles. The maximum atomic E-state index is 11.5. The molecule has 0 N–H and O–H groups in total. The molecule has 122 valence electrons. The molecular weight excluding hydrogens is 320 g/mol. The van der Waals surface area contributed by atoms with Crippen LogP contribution >= 0.6 is 0 Å². The lowest BCUT2D eigenvalue weighted by Gasteiger charge is -2.03. The summed E-state index contributed by atoms with van der Waals surface area (Å²) in [5.41, 5.74) is 0.188. The molecule has 2 rings (SSSR count). The van der Waals surface area contributed by atoms with Gasteiger partial charge >= 0.3 is 24.2 Å². The number of esters is 2. The van der Waals surface area contributed by atoms with Gasteiger partial charge in [-0.3, -0.25) is 0 Å². The van der Waals surface area contributed by atoms with Crippen LogP contribution in [0.15, 0.2) is 60.7 Å². The Labute approximate surface area is 135 Å². The number of rotatable bonds is 2. The van der Waals surface area contributed by atoms with Gasteiger partial charge in [0.25, 0.3) is 0 Å². The van der Waals surface area contributed by atoms with Crippen LogP contribution in [0.3, 0.4) is 0 Å². The van der Waals surface area contributed by atoms with Gasteiger partial charge < -0.3 is 9.47 Å². The smallest absolute Gasteiger partial charge is 0.354 e. The molecule has 0 fully saturated rings. The van der Waals surface area contributed by atoms with Crippen molar-refractivity contribution < 1.29 is 38.4 Å². The van der Waals surface area contributed by atoms with E-state index in [2.05, 4.69) is 19.2 Å². The Morgan fingerprint density at radius 2 is 0.875 bits per heavy atom. The van der Waals surface area contributed by atoms with Crippen molar-refractivity contribution in [2.24, 2.45) is 0 Å². The average molecular weight is 330 g/mol. The predicted molar refractivity (Wildman–Crippen MR) is 76.7 cm³/mol. The van der Waals surface area contributed by atoms with E-state index in [9.17, 15) is 19.2 Å². The van der Waals surface area contributed by atoms with Gasteiger partial charge in [-0.2, -0.15) is 19.4 Å². The van der Waals surface area contributed by atoms with E-state index in [-0.39, 0.29) is 11.1 Å². The Bertz CT molecular complexity index is 674. The molecule has 0 saturated carbocycles. The first-order valence-electron chi connectivity index (χ1n) is 6.53. The van der Waals surface area contributed by atoms with Crippen LogP contribution in [-0.4, -0.2) is 24.2 Å². The lowest BCUT2D eigenvalue weighted by atomic mass is 10.2. The summed E-state index contributed by atoms with van der Waals surface area (Å²) in [6.45, 7) is 0. The van der Waals surface area contributed by atoms with Gasteiger partial charge in [-0.25, -0.2) is 9.59 Å². The molecule has 0 saturated heterocycles. The molecule has 0 bridgehead atoms. The fourth-order valence-electron chi connectivity index (χ4n) is 1.52. The minimum Gasteiger partial charge on any atom is -0.354 e. The minimum atomic E-state index is -1.59. The van der Waals surface area contributed by atoms with E-state index in [0.717, 1.165) is 0 Å². The zero-order valence-corrected chi connectivity index (χ0v) is 12.0. The maximum absolute atomic E-state index is 11.5. The Morgan fingerprint density at radius 1 is 0.542 bits per heavy atom. The van der Waals surface area contributed by atoms with Gasteiger partial charge in [0.1, 0.15) is 0 Å². The molecule has 0 aliphatic rings. The Kier molecular flexibility index (Phi) is 5.62. The Hall–Kier alpha value is -3.68. The third-order valence-corrected chi connectivity index (χ3v) is 2.55. The van der Waals surface area contributed by atoms with E-state index < -0.39 is 24.2 Å². The van der Waals surface area contributed by atoms with E-state index in [1.807, 2.05) is 0 Å². The molecule has 0 aromatic heterocycles. The highest BCUT2D eigenvalue weighted by molar-refractivity contribution is 5.96. The van der Waals surface area contributed by atoms with Crippen LogP contribution in [0.4, 0.5) is 9.59 Å². The monoisotopic (exact) mass is 330 g/mol. The topological polar surface area (TPSA) is 105 Å². The molecule has 0 spiro atoms. The van der Waals surface area contributed by atoms with E-state index in [1.165, 1.54) is 24.3 Å². The van der Waals surface area contributed by atoms with Crippen LogP contribution in [0, 0.1) is 0 Å². The molecular formula is C16H10O8. The molecule has 0 radical (unpaired) electrons. The highest BCUT2D eigenvalue weighted by atomic mass is 17.3. The van der Waals surface area contributed by atoms with Crippen LogP contribution < -0.4 is 0 Å². The van der Waals surface area contributed by atoms with Crippen molar-refractivity contribution in [1.29, 1.82) is 0 Å². The summed E-state index contributed by atoms with van der Waals surface area (Å²) < 4.78 is 8.52. The van der Waals surface area contributed by atoms with Crippen LogP contribution in [0.2, 0.25) is 0 Å². The molecule has 0 amide bonds. The van der Waals surface area contributed by atoms with E-state index in [4.69, 9.17) is 0 Å². The second-order valence-corrected chi connectivity index (χ2v) is 4.18. The molecule has 24 heavy (non-hydrogen) atoms. The van der Waals surface area contributed by atoms with Crippen LogP contribution in [0.1, 0.15) is 20.7 Å². The first kappa shape index (κ1) is 16.7. The van der Waals surface area contributed by atoms with Gasteiger partial charge in [0, 0.05) is 0 Å². The quantitative estimate of drug-likeness (QED) is 0.358. The van der Waals surface area contributed by atoms with E-state index in [1.54, 1.807) is 36.4 Å². The fourth-order valence-corrected chi connectivity index (χ4v) is 1.52. The zero-order chi connectivity index (χ0) is 17.4. The zero-order valence-electron chi connectivity index (χ0n) is 12.0. The summed E-state index contributed by atoms with van der Waals surface area (Å²) >= 11 is 0. The first-order chi connectivity index (χ1) is 11.6. The minimum absolute atomic E-state index is 0.0938. The van der Waals surface area contributed by atoms with Crippen molar-refractivity contribution >= 4 is 24.2 Å². The summed E-state index contributed by atoms with van der Waals surface area (Å²) in [7, 11) is 0. The van der Waals surface area contributed by atoms with Crippen molar-refractivity contribution in [3.05, 3.63) is 71.8 Å². The summed E-state index contributed by atoms with van der Waals surface area (Å²) in [6.07, 6.45) is -3.18. The lowest BCUT2D eigenvalue weighted by Crippen LogP contribution is -2.19. The van der Waals surface area contributed by atoms with Crippen LogP contribution in [0.25, 0.3) is 0 Å². The van der Waals surface area contributed by atoms with Gasteiger partial charge in [0.15, 0.2) is 0 Å². The molecule has 2 aromatic rings. The second-order valence-electron chi connectivity index (χ2n) is 4.18. The maximum Gasteiger partial charge on any atom is 0.558 e. The van der Waals surface area contributed by atoms with E-state index in [0.29, 0.717) is 0 Å². The van der Waals surface area contributed by atoms with Crippen LogP contribution in [0.5, 0.6) is 0 Å². The molecule has 8 nitrogen and oxygen atoms in total. The van der Waals surface area contributed by atoms with Gasteiger partial charge in [-0.1, -0.05) is 36.4 Å². The SMILES string of the molecule is O=C(OOC(=O)OC(=O)c1ccccc1)OC(=O)c1ccccc1. The predicted octanol–water partition coefficient (Wildman–Crippen LogP) is 2.89. The number of ether oxygens (including phenoxy) is 2. The van der Waals surface area contributed by atoms with Crippen molar-refractivity contribution in [2.75, 3.05) is 0 Å². The highest BCUT2D eigenvalue weighted by Gasteiger charge is 2.20. The highest BCUT2D eigenvalue weighted by Crippen LogP contribution is 2.04. The molecule has 8 heteroatoms. The van der Waals surface area contributed by atoms with Crippen LogP contribution in [-0.2, 0) is 19.2 Å². The number of carbonyl (C=O) groups is 4. The molecule has 0 aliphatic heterocycles. The molecule has 2 aromatic carbocycles. The lowest BCUT2D eigenvalue weighted by molar-refractivity contribution is -0.208. The normalized spacial score (nSPS) is 9.50. The van der Waals surface area contributed by atoms with E-state index >= 15 is 0 Å². The standard InChI is InChI=1S/C16H10O8/c17-13(11-7-3-1-4-8-11)21-15(19)23-24-16(20)22-14(18)12-9-5-2-6-10-12/h1-10H. The Morgan fingerprint density at radius 3 is 1.21 bits per heavy atom. The summed E-state index contributed by atoms with van der Waals surface area (Å²) in [5.74, 6) is -2.00. The number of benzene rings is 2. The third-order valence-electron chi connectivity index (χ3n) is 2.55. The average Bonchev–Trinajstić information content (AvgIpc) is 2.61. The third kappa shape index (κ3) is 4.95. The number of hydrogen-bond acceptors (Lipinski definition) is 8. The van der Waals surface area contributed by atoms with Gasteiger partial charge in [0.2, 0.25) is 0 Å². The molecule has 0 unspecified atom stereocenters. The van der Waals surface area contributed by atoms with Crippen molar-refractivity contribution in [3.8, 4) is 0 Å². The molecule has 0 aliphatic carbocycles. The Balaban J connectivity index is 1.76.